The zero-order valence-electron chi connectivity index (χ0n) is 11.8. The summed E-state index contributed by atoms with van der Waals surface area (Å²) < 4.78 is 1.93. The average molecular weight is 266 g/mol. The molecule has 2 heterocycles. The van der Waals surface area contributed by atoms with E-state index in [-0.39, 0.29) is 0 Å². The van der Waals surface area contributed by atoms with Gasteiger partial charge in [-0.1, -0.05) is 25.1 Å². The normalized spacial score (nSPS) is 18.4. The van der Waals surface area contributed by atoms with Crippen LogP contribution in [-0.4, -0.2) is 19.7 Å². The molecule has 1 atom stereocenters. The van der Waals surface area contributed by atoms with Crippen molar-refractivity contribution in [1.29, 1.82) is 0 Å². The quantitative estimate of drug-likeness (QED) is 0.733. The minimum Gasteiger partial charge on any atom is -0.340 e. The molecule has 0 fully saturated rings. The molecule has 0 amide bonds. The number of imidazole rings is 1. The minimum atomic E-state index is 0.554. The van der Waals surface area contributed by atoms with E-state index in [0.29, 0.717) is 5.92 Å². The molecule has 20 heavy (non-hydrogen) atoms. The molecule has 2 aromatic heterocycles. The number of aromatic nitrogens is 4. The maximum atomic E-state index is 4.83. The molecule has 1 unspecified atom stereocenters. The third-order valence-corrected chi connectivity index (χ3v) is 4.32. The van der Waals surface area contributed by atoms with Gasteiger partial charge in [-0.25, -0.2) is 4.98 Å². The van der Waals surface area contributed by atoms with Crippen molar-refractivity contribution in [2.75, 3.05) is 0 Å². The van der Waals surface area contributed by atoms with Crippen LogP contribution in [0, 0.1) is 0 Å². The van der Waals surface area contributed by atoms with E-state index >= 15 is 0 Å². The number of H-pyrrole nitrogens is 1. The van der Waals surface area contributed by atoms with Crippen LogP contribution >= 0.6 is 0 Å². The molecule has 0 spiro atoms. The highest BCUT2D eigenvalue weighted by atomic mass is 15.3. The molecule has 1 aliphatic carbocycles. The minimum absolute atomic E-state index is 0.554. The number of para-hydroxylation sites is 1. The standard InChI is InChI=1S/C16H18N4/c1-10-6-5-8-12-14(10)18-16(17-12)15-11-7-3-4-9-13(11)20(2)19-15/h3-4,7,9-10H,5-6,8H2,1-2H3,(H,17,18). The van der Waals surface area contributed by atoms with Gasteiger partial charge in [0.15, 0.2) is 5.82 Å². The lowest BCUT2D eigenvalue weighted by Crippen LogP contribution is -2.05. The second-order valence-corrected chi connectivity index (χ2v) is 5.73. The molecule has 4 nitrogen and oxygen atoms in total. The van der Waals surface area contributed by atoms with Gasteiger partial charge >= 0.3 is 0 Å². The Bertz CT molecular complexity index is 781. The summed E-state index contributed by atoms with van der Waals surface area (Å²) in [4.78, 5) is 8.33. The maximum absolute atomic E-state index is 4.83. The van der Waals surface area contributed by atoms with E-state index < -0.39 is 0 Å². The number of aromatic amines is 1. The molecule has 1 aliphatic rings. The van der Waals surface area contributed by atoms with Crippen LogP contribution in [0.2, 0.25) is 0 Å². The zero-order chi connectivity index (χ0) is 13.7. The lowest BCUT2D eigenvalue weighted by molar-refractivity contribution is 0.574. The highest BCUT2D eigenvalue weighted by Gasteiger charge is 2.23. The summed E-state index contributed by atoms with van der Waals surface area (Å²) in [5, 5.41) is 5.81. The van der Waals surface area contributed by atoms with Crippen LogP contribution in [0.4, 0.5) is 0 Å². The summed E-state index contributed by atoms with van der Waals surface area (Å²) >= 11 is 0. The Morgan fingerprint density at radius 3 is 3.00 bits per heavy atom. The number of hydrogen-bond donors (Lipinski definition) is 1. The van der Waals surface area contributed by atoms with Crippen molar-refractivity contribution in [3.05, 3.63) is 35.7 Å². The molecule has 0 aliphatic heterocycles. The van der Waals surface area contributed by atoms with E-state index in [4.69, 9.17) is 4.98 Å². The van der Waals surface area contributed by atoms with Gasteiger partial charge in [0.2, 0.25) is 0 Å². The predicted molar refractivity (Wildman–Crippen MR) is 79.6 cm³/mol. The van der Waals surface area contributed by atoms with E-state index in [1.165, 1.54) is 24.2 Å². The van der Waals surface area contributed by atoms with E-state index in [1.54, 1.807) is 0 Å². The first-order chi connectivity index (χ1) is 9.74. The smallest absolute Gasteiger partial charge is 0.159 e. The van der Waals surface area contributed by atoms with E-state index in [9.17, 15) is 0 Å². The van der Waals surface area contributed by atoms with Gasteiger partial charge in [-0.3, -0.25) is 4.68 Å². The lowest BCUT2D eigenvalue weighted by atomic mass is 9.92. The molecular weight excluding hydrogens is 248 g/mol. The molecule has 1 aromatic carbocycles. The topological polar surface area (TPSA) is 46.5 Å². The van der Waals surface area contributed by atoms with Crippen molar-refractivity contribution in [2.45, 2.75) is 32.1 Å². The number of hydrogen-bond acceptors (Lipinski definition) is 2. The van der Waals surface area contributed by atoms with Crippen LogP contribution in [0.5, 0.6) is 0 Å². The lowest BCUT2D eigenvalue weighted by Gasteiger charge is -2.15. The van der Waals surface area contributed by atoms with Gasteiger partial charge < -0.3 is 4.98 Å². The molecular formula is C16H18N4. The Hall–Kier alpha value is -2.10. The largest absolute Gasteiger partial charge is 0.340 e. The molecule has 4 rings (SSSR count). The summed E-state index contributed by atoms with van der Waals surface area (Å²) in [7, 11) is 1.98. The fraction of sp³-hybridized carbons (Fsp3) is 0.375. The first kappa shape index (κ1) is 11.7. The second-order valence-electron chi connectivity index (χ2n) is 5.73. The average Bonchev–Trinajstić information content (AvgIpc) is 3.02. The van der Waals surface area contributed by atoms with E-state index in [2.05, 4.69) is 35.2 Å². The molecule has 102 valence electrons. The predicted octanol–water partition coefficient (Wildman–Crippen LogP) is 3.40. The number of aryl methyl sites for hydroxylation is 2. The molecule has 0 saturated heterocycles. The van der Waals surface area contributed by atoms with Crippen LogP contribution in [0.3, 0.4) is 0 Å². The van der Waals surface area contributed by atoms with Crippen LogP contribution < -0.4 is 0 Å². The van der Waals surface area contributed by atoms with Crippen LogP contribution in [0.1, 0.15) is 37.1 Å². The van der Waals surface area contributed by atoms with Crippen molar-refractivity contribution >= 4 is 10.9 Å². The Kier molecular flexibility index (Phi) is 2.46. The van der Waals surface area contributed by atoms with Crippen molar-refractivity contribution in [1.82, 2.24) is 19.7 Å². The second kappa shape index (κ2) is 4.20. The maximum Gasteiger partial charge on any atom is 0.159 e. The Morgan fingerprint density at radius 1 is 1.30 bits per heavy atom. The molecule has 0 bridgehead atoms. The number of fused-ring (bicyclic) bond motifs is 2. The summed E-state index contributed by atoms with van der Waals surface area (Å²) in [6, 6.07) is 8.31. The number of rotatable bonds is 1. The Balaban J connectivity index is 1.92. The molecule has 0 saturated carbocycles. The van der Waals surface area contributed by atoms with Crippen molar-refractivity contribution in [3.63, 3.8) is 0 Å². The van der Waals surface area contributed by atoms with Gasteiger partial charge in [0, 0.05) is 24.0 Å². The van der Waals surface area contributed by atoms with Crippen molar-refractivity contribution < 1.29 is 0 Å². The summed E-state index contributed by atoms with van der Waals surface area (Å²) in [5.74, 6) is 1.47. The monoisotopic (exact) mass is 266 g/mol. The van der Waals surface area contributed by atoms with Gasteiger partial charge in [-0.2, -0.15) is 5.10 Å². The van der Waals surface area contributed by atoms with E-state index in [1.807, 2.05) is 17.8 Å². The van der Waals surface area contributed by atoms with Gasteiger partial charge in [0.1, 0.15) is 5.69 Å². The van der Waals surface area contributed by atoms with Crippen LogP contribution in [0.15, 0.2) is 24.3 Å². The first-order valence-corrected chi connectivity index (χ1v) is 7.25. The van der Waals surface area contributed by atoms with Gasteiger partial charge in [-0.05, 0) is 25.3 Å². The fourth-order valence-corrected chi connectivity index (χ4v) is 3.24. The van der Waals surface area contributed by atoms with Gasteiger partial charge in [0.05, 0.1) is 11.2 Å². The summed E-state index contributed by atoms with van der Waals surface area (Å²) in [6.07, 6.45) is 3.59. The fourth-order valence-electron chi connectivity index (χ4n) is 3.24. The van der Waals surface area contributed by atoms with Gasteiger partial charge in [0.25, 0.3) is 0 Å². The third-order valence-electron chi connectivity index (χ3n) is 4.32. The van der Waals surface area contributed by atoms with E-state index in [0.717, 1.165) is 28.8 Å². The van der Waals surface area contributed by atoms with Crippen LogP contribution in [0.25, 0.3) is 22.4 Å². The SMILES string of the molecule is CC1CCCc2[nH]c(-c3nn(C)c4ccccc34)nc21. The molecule has 0 radical (unpaired) electrons. The number of nitrogens with zero attached hydrogens (tertiary/aromatic N) is 3. The first-order valence-electron chi connectivity index (χ1n) is 7.25. The Morgan fingerprint density at radius 2 is 2.15 bits per heavy atom. The Labute approximate surface area is 117 Å². The highest BCUT2D eigenvalue weighted by molar-refractivity contribution is 5.91. The summed E-state index contributed by atoms with van der Waals surface area (Å²) in [5.41, 5.74) is 4.64. The number of nitrogens with one attached hydrogen (secondary N) is 1. The van der Waals surface area contributed by atoms with Crippen LogP contribution in [-0.2, 0) is 13.5 Å². The molecule has 3 aromatic rings. The molecule has 1 N–H and O–H groups in total. The number of benzene rings is 1. The molecule has 4 heteroatoms. The van der Waals surface area contributed by atoms with Crippen molar-refractivity contribution in [2.24, 2.45) is 7.05 Å². The highest BCUT2D eigenvalue weighted by Crippen LogP contribution is 2.33. The zero-order valence-corrected chi connectivity index (χ0v) is 11.8. The third kappa shape index (κ3) is 1.60. The summed E-state index contributed by atoms with van der Waals surface area (Å²) in [6.45, 7) is 2.26. The van der Waals surface area contributed by atoms with Crippen molar-refractivity contribution in [3.8, 4) is 11.5 Å². The van der Waals surface area contributed by atoms with Gasteiger partial charge in [-0.15, -0.1) is 0 Å².